The maximum absolute atomic E-state index is 11.5. The lowest BCUT2D eigenvalue weighted by molar-refractivity contribution is -0.139. The van der Waals surface area contributed by atoms with E-state index in [1.165, 1.54) is 0 Å². The van der Waals surface area contributed by atoms with E-state index in [2.05, 4.69) is 5.32 Å². The van der Waals surface area contributed by atoms with Gasteiger partial charge in [0.15, 0.2) is 0 Å². The fourth-order valence-electron chi connectivity index (χ4n) is 2.12. The van der Waals surface area contributed by atoms with Crippen LogP contribution in [0.1, 0.15) is 24.3 Å². The molecule has 0 spiro atoms. The van der Waals surface area contributed by atoms with E-state index in [1.54, 1.807) is 0 Å². The molecular formula is C12H14N2O3. The molecule has 5 heteroatoms. The highest BCUT2D eigenvalue weighted by Gasteiger charge is 2.28. The average Bonchev–Trinajstić information content (AvgIpc) is 2.28. The Morgan fingerprint density at radius 3 is 2.94 bits per heavy atom. The second kappa shape index (κ2) is 4.55. The molecule has 0 radical (unpaired) electrons. The fourth-order valence-corrected chi connectivity index (χ4v) is 2.12. The van der Waals surface area contributed by atoms with Gasteiger partial charge in [0.25, 0.3) is 0 Å². The molecule has 90 valence electrons. The highest BCUT2D eigenvalue weighted by atomic mass is 16.4. The van der Waals surface area contributed by atoms with Crippen molar-refractivity contribution >= 4 is 17.6 Å². The topological polar surface area (TPSA) is 92.4 Å². The van der Waals surface area contributed by atoms with Gasteiger partial charge < -0.3 is 16.2 Å². The van der Waals surface area contributed by atoms with Gasteiger partial charge in [-0.15, -0.1) is 0 Å². The van der Waals surface area contributed by atoms with E-state index in [-0.39, 0.29) is 24.7 Å². The largest absolute Gasteiger partial charge is 0.480 e. The monoisotopic (exact) mass is 234 g/mol. The van der Waals surface area contributed by atoms with Gasteiger partial charge in [-0.1, -0.05) is 18.2 Å². The number of carbonyl (C=O) groups excluding carboxylic acids is 1. The van der Waals surface area contributed by atoms with Crippen LogP contribution in [0.5, 0.6) is 0 Å². The number of anilines is 1. The number of amides is 1. The zero-order chi connectivity index (χ0) is 12.4. The molecule has 0 saturated carbocycles. The first-order valence-electron chi connectivity index (χ1n) is 5.45. The Hall–Kier alpha value is -1.88. The average molecular weight is 234 g/mol. The number of nitrogens with one attached hydrogen (secondary N) is 1. The molecule has 1 aromatic carbocycles. The molecule has 2 unspecified atom stereocenters. The van der Waals surface area contributed by atoms with Crippen molar-refractivity contribution in [2.75, 3.05) is 5.32 Å². The van der Waals surface area contributed by atoms with Crippen molar-refractivity contribution in [1.82, 2.24) is 0 Å². The highest BCUT2D eigenvalue weighted by molar-refractivity contribution is 5.94. The smallest absolute Gasteiger partial charge is 0.320 e. The third-order valence-corrected chi connectivity index (χ3v) is 2.96. The minimum atomic E-state index is -1.03. The number of carboxylic acids is 1. The van der Waals surface area contributed by atoms with Crippen LogP contribution in [-0.2, 0) is 9.59 Å². The molecule has 1 aliphatic heterocycles. The molecule has 0 aromatic heterocycles. The zero-order valence-corrected chi connectivity index (χ0v) is 9.22. The lowest BCUT2D eigenvalue weighted by atomic mass is 9.86. The third-order valence-electron chi connectivity index (χ3n) is 2.96. The van der Waals surface area contributed by atoms with Gasteiger partial charge in [0.05, 0.1) is 0 Å². The van der Waals surface area contributed by atoms with Crippen LogP contribution < -0.4 is 11.1 Å². The number of carboxylic acid groups (broad SMARTS) is 1. The molecule has 1 amide bonds. The number of fused-ring (bicyclic) bond motifs is 1. The molecule has 0 aliphatic carbocycles. The lowest BCUT2D eigenvalue weighted by Crippen LogP contribution is -2.34. The van der Waals surface area contributed by atoms with Gasteiger partial charge in [0, 0.05) is 12.1 Å². The Kier molecular flexibility index (Phi) is 3.10. The molecule has 17 heavy (non-hydrogen) atoms. The van der Waals surface area contributed by atoms with E-state index in [4.69, 9.17) is 10.8 Å². The van der Waals surface area contributed by atoms with E-state index < -0.39 is 12.0 Å². The summed E-state index contributed by atoms with van der Waals surface area (Å²) in [5, 5.41) is 11.6. The Morgan fingerprint density at radius 1 is 1.53 bits per heavy atom. The van der Waals surface area contributed by atoms with Crippen molar-refractivity contribution in [2.24, 2.45) is 5.73 Å². The molecule has 2 atom stereocenters. The predicted octanol–water partition coefficient (Wildman–Crippen LogP) is 0.914. The summed E-state index contributed by atoms with van der Waals surface area (Å²) in [5.74, 6) is -1.24. The van der Waals surface area contributed by atoms with Crippen molar-refractivity contribution in [3.05, 3.63) is 29.8 Å². The highest BCUT2D eigenvalue weighted by Crippen LogP contribution is 2.34. The maximum atomic E-state index is 11.5. The van der Waals surface area contributed by atoms with Gasteiger partial charge in [-0.25, -0.2) is 0 Å². The van der Waals surface area contributed by atoms with Crippen LogP contribution in [0, 0.1) is 0 Å². The van der Waals surface area contributed by atoms with Gasteiger partial charge in [0.2, 0.25) is 5.91 Å². The summed E-state index contributed by atoms with van der Waals surface area (Å²) >= 11 is 0. The summed E-state index contributed by atoms with van der Waals surface area (Å²) < 4.78 is 0. The summed E-state index contributed by atoms with van der Waals surface area (Å²) in [6.07, 6.45) is 0.567. The summed E-state index contributed by atoms with van der Waals surface area (Å²) in [4.78, 5) is 22.2. The van der Waals surface area contributed by atoms with E-state index in [0.717, 1.165) is 11.3 Å². The summed E-state index contributed by atoms with van der Waals surface area (Å²) in [5.41, 5.74) is 7.24. The molecule has 0 fully saturated rings. The van der Waals surface area contributed by atoms with Crippen molar-refractivity contribution in [2.45, 2.75) is 24.8 Å². The molecule has 1 aliphatic rings. The van der Waals surface area contributed by atoms with Crippen LogP contribution in [0.2, 0.25) is 0 Å². The number of benzene rings is 1. The van der Waals surface area contributed by atoms with Crippen molar-refractivity contribution in [3.63, 3.8) is 0 Å². The normalized spacial score (nSPS) is 20.3. The minimum Gasteiger partial charge on any atom is -0.480 e. The predicted molar refractivity (Wildman–Crippen MR) is 62.7 cm³/mol. The van der Waals surface area contributed by atoms with Crippen LogP contribution in [0.25, 0.3) is 0 Å². The molecule has 1 aromatic rings. The Bertz CT molecular complexity index is 459. The number of hydrogen-bond donors (Lipinski definition) is 3. The Labute approximate surface area is 98.6 Å². The van der Waals surface area contributed by atoms with Crippen LogP contribution in [0.15, 0.2) is 24.3 Å². The van der Waals surface area contributed by atoms with Crippen LogP contribution in [0.4, 0.5) is 5.69 Å². The minimum absolute atomic E-state index is 0.0914. The fraction of sp³-hybridized carbons (Fsp3) is 0.333. The SMILES string of the molecule is NC(CC1CC(=O)Nc2ccccc21)C(=O)O. The quantitative estimate of drug-likeness (QED) is 0.724. The number of para-hydroxylation sites is 1. The maximum Gasteiger partial charge on any atom is 0.320 e. The van der Waals surface area contributed by atoms with Gasteiger partial charge in [-0.2, -0.15) is 0 Å². The first kappa shape index (κ1) is 11.6. The van der Waals surface area contributed by atoms with Crippen molar-refractivity contribution in [3.8, 4) is 0 Å². The van der Waals surface area contributed by atoms with Gasteiger partial charge in [-0.3, -0.25) is 9.59 Å². The molecular weight excluding hydrogens is 220 g/mol. The van der Waals surface area contributed by atoms with Gasteiger partial charge >= 0.3 is 5.97 Å². The standard InChI is InChI=1S/C12H14N2O3/c13-9(12(16)17)5-7-6-11(15)14-10-4-2-1-3-8(7)10/h1-4,7,9H,5-6,13H2,(H,14,15)(H,16,17). The molecule has 0 saturated heterocycles. The van der Waals surface area contributed by atoms with E-state index in [1.807, 2.05) is 24.3 Å². The third kappa shape index (κ3) is 2.45. The summed E-state index contributed by atoms with van der Waals surface area (Å²) in [7, 11) is 0. The Balaban J connectivity index is 2.24. The zero-order valence-electron chi connectivity index (χ0n) is 9.22. The molecule has 4 N–H and O–H groups in total. The van der Waals surface area contributed by atoms with Crippen LogP contribution in [-0.4, -0.2) is 23.0 Å². The first-order valence-corrected chi connectivity index (χ1v) is 5.45. The van der Waals surface area contributed by atoms with E-state index >= 15 is 0 Å². The molecule has 2 rings (SSSR count). The lowest BCUT2D eigenvalue weighted by Gasteiger charge is -2.26. The number of aliphatic carboxylic acids is 1. The number of nitrogens with two attached hydrogens (primary N) is 1. The van der Waals surface area contributed by atoms with Crippen LogP contribution >= 0.6 is 0 Å². The van der Waals surface area contributed by atoms with Crippen molar-refractivity contribution in [1.29, 1.82) is 0 Å². The second-order valence-electron chi connectivity index (χ2n) is 4.22. The van der Waals surface area contributed by atoms with E-state index in [9.17, 15) is 9.59 Å². The summed E-state index contributed by atoms with van der Waals surface area (Å²) in [6.45, 7) is 0. The van der Waals surface area contributed by atoms with Gasteiger partial charge in [0.1, 0.15) is 6.04 Å². The van der Waals surface area contributed by atoms with Crippen molar-refractivity contribution < 1.29 is 14.7 Å². The number of rotatable bonds is 3. The van der Waals surface area contributed by atoms with Crippen LogP contribution in [0.3, 0.4) is 0 Å². The van der Waals surface area contributed by atoms with E-state index in [0.29, 0.717) is 0 Å². The first-order chi connectivity index (χ1) is 8.08. The number of carbonyl (C=O) groups is 2. The number of hydrogen-bond acceptors (Lipinski definition) is 3. The summed E-state index contributed by atoms with van der Waals surface area (Å²) in [6, 6.07) is 6.48. The molecule has 5 nitrogen and oxygen atoms in total. The Morgan fingerprint density at radius 2 is 2.24 bits per heavy atom. The molecule has 0 bridgehead atoms. The van der Waals surface area contributed by atoms with Gasteiger partial charge in [-0.05, 0) is 24.0 Å². The molecule has 1 heterocycles. The second-order valence-corrected chi connectivity index (χ2v) is 4.22.